The molecule has 1 aromatic carbocycles. The summed E-state index contributed by atoms with van der Waals surface area (Å²) in [6, 6.07) is 6.99. The Hall–Kier alpha value is -0.910. The van der Waals surface area contributed by atoms with Crippen molar-refractivity contribution < 1.29 is 13.2 Å². The van der Waals surface area contributed by atoms with Gasteiger partial charge in [-0.2, -0.15) is 0 Å². The molecule has 0 saturated carbocycles. The quantitative estimate of drug-likeness (QED) is 0.903. The highest BCUT2D eigenvalue weighted by Crippen LogP contribution is 2.23. The molecule has 0 aliphatic carbocycles. The van der Waals surface area contributed by atoms with Crippen molar-refractivity contribution in [3.8, 4) is 0 Å². The lowest BCUT2D eigenvalue weighted by atomic mass is 9.87. The van der Waals surface area contributed by atoms with E-state index in [1.807, 2.05) is 19.1 Å². The molecule has 0 aliphatic rings. The van der Waals surface area contributed by atoms with Crippen molar-refractivity contribution >= 4 is 10.0 Å². The van der Waals surface area contributed by atoms with Crippen molar-refractivity contribution in [3.05, 3.63) is 29.8 Å². The zero-order chi connectivity index (χ0) is 14.7. The predicted octanol–water partition coefficient (Wildman–Crippen LogP) is 2.30. The zero-order valence-electron chi connectivity index (χ0n) is 12.2. The van der Waals surface area contributed by atoms with Gasteiger partial charge in [-0.25, -0.2) is 13.1 Å². The van der Waals surface area contributed by atoms with Gasteiger partial charge in [-0.05, 0) is 30.0 Å². The largest absolute Gasteiger partial charge is 0.380 e. The van der Waals surface area contributed by atoms with Gasteiger partial charge in [0.25, 0.3) is 0 Å². The molecule has 19 heavy (non-hydrogen) atoms. The van der Waals surface area contributed by atoms with Crippen LogP contribution in [0.25, 0.3) is 0 Å². The summed E-state index contributed by atoms with van der Waals surface area (Å²) in [6.07, 6.45) is -0.149. The summed E-state index contributed by atoms with van der Waals surface area (Å²) in [6.45, 7) is 8.35. The van der Waals surface area contributed by atoms with E-state index in [2.05, 4.69) is 25.5 Å². The van der Waals surface area contributed by atoms with Crippen molar-refractivity contribution in [2.24, 2.45) is 0 Å². The molecule has 1 unspecified atom stereocenters. The van der Waals surface area contributed by atoms with Gasteiger partial charge in [-0.1, -0.05) is 32.9 Å². The van der Waals surface area contributed by atoms with E-state index in [0.29, 0.717) is 0 Å². The molecule has 0 saturated heterocycles. The van der Waals surface area contributed by atoms with Gasteiger partial charge in [-0.15, -0.1) is 0 Å². The molecule has 0 aromatic heterocycles. The SMILES string of the molecule is COC(C)CNS(=O)(=O)c1ccc(C(C)(C)C)cc1. The minimum atomic E-state index is -3.46. The lowest BCUT2D eigenvalue weighted by Gasteiger charge is -2.19. The van der Waals surface area contributed by atoms with Gasteiger partial charge in [-0.3, -0.25) is 0 Å². The highest BCUT2D eigenvalue weighted by atomic mass is 32.2. The summed E-state index contributed by atoms with van der Waals surface area (Å²) >= 11 is 0. The lowest BCUT2D eigenvalue weighted by molar-refractivity contribution is 0.122. The van der Waals surface area contributed by atoms with E-state index in [1.165, 1.54) is 0 Å². The van der Waals surface area contributed by atoms with Crippen molar-refractivity contribution in [1.82, 2.24) is 4.72 Å². The number of ether oxygens (including phenoxy) is 1. The Bertz CT molecular complexity index is 500. The molecule has 1 atom stereocenters. The van der Waals surface area contributed by atoms with Crippen LogP contribution in [0, 0.1) is 0 Å². The summed E-state index contributed by atoms with van der Waals surface area (Å²) in [5.74, 6) is 0. The smallest absolute Gasteiger partial charge is 0.240 e. The first-order valence-electron chi connectivity index (χ1n) is 6.30. The highest BCUT2D eigenvalue weighted by Gasteiger charge is 2.17. The minimum absolute atomic E-state index is 0.0142. The summed E-state index contributed by atoms with van der Waals surface area (Å²) in [5.41, 5.74) is 1.12. The zero-order valence-corrected chi connectivity index (χ0v) is 13.0. The third kappa shape index (κ3) is 4.60. The van der Waals surface area contributed by atoms with Crippen LogP contribution in [-0.2, 0) is 20.2 Å². The molecule has 0 spiro atoms. The molecule has 0 amide bonds. The first-order chi connectivity index (χ1) is 8.66. The molecule has 0 fully saturated rings. The molecule has 4 nitrogen and oxygen atoms in total. The molecule has 0 radical (unpaired) electrons. The number of hydrogen-bond acceptors (Lipinski definition) is 3. The maximum Gasteiger partial charge on any atom is 0.240 e. The number of methoxy groups -OCH3 is 1. The van der Waals surface area contributed by atoms with E-state index < -0.39 is 10.0 Å². The van der Waals surface area contributed by atoms with Crippen LogP contribution in [0.4, 0.5) is 0 Å². The summed E-state index contributed by atoms with van der Waals surface area (Å²) in [7, 11) is -1.91. The van der Waals surface area contributed by atoms with Crippen molar-refractivity contribution in [1.29, 1.82) is 0 Å². The fourth-order valence-electron chi connectivity index (χ4n) is 1.53. The van der Waals surface area contributed by atoms with Gasteiger partial charge in [0.15, 0.2) is 0 Å². The van der Waals surface area contributed by atoms with E-state index >= 15 is 0 Å². The van der Waals surface area contributed by atoms with Gasteiger partial charge in [0.2, 0.25) is 10.0 Å². The van der Waals surface area contributed by atoms with Crippen LogP contribution in [0.3, 0.4) is 0 Å². The van der Waals surface area contributed by atoms with E-state index in [4.69, 9.17) is 4.74 Å². The van der Waals surface area contributed by atoms with E-state index in [1.54, 1.807) is 19.2 Å². The lowest BCUT2D eigenvalue weighted by Crippen LogP contribution is -2.31. The summed E-state index contributed by atoms with van der Waals surface area (Å²) < 4.78 is 31.6. The minimum Gasteiger partial charge on any atom is -0.380 e. The number of benzene rings is 1. The Balaban J connectivity index is 2.85. The van der Waals surface area contributed by atoms with Crippen molar-refractivity contribution in [3.63, 3.8) is 0 Å². The van der Waals surface area contributed by atoms with Gasteiger partial charge >= 0.3 is 0 Å². The van der Waals surface area contributed by atoms with Crippen LogP contribution >= 0.6 is 0 Å². The average molecular weight is 285 g/mol. The van der Waals surface area contributed by atoms with Gasteiger partial charge in [0.05, 0.1) is 11.0 Å². The van der Waals surface area contributed by atoms with Crippen LogP contribution in [0.15, 0.2) is 29.2 Å². The van der Waals surface area contributed by atoms with Crippen LogP contribution in [0.2, 0.25) is 0 Å². The normalized spacial score (nSPS) is 14.4. The predicted molar refractivity (Wildman–Crippen MR) is 76.8 cm³/mol. The Morgan fingerprint density at radius 1 is 1.21 bits per heavy atom. The van der Waals surface area contributed by atoms with Crippen molar-refractivity contribution in [2.75, 3.05) is 13.7 Å². The van der Waals surface area contributed by atoms with Gasteiger partial charge < -0.3 is 4.74 Å². The maximum absolute atomic E-state index is 12.0. The number of hydrogen-bond donors (Lipinski definition) is 1. The first-order valence-corrected chi connectivity index (χ1v) is 7.78. The van der Waals surface area contributed by atoms with Gasteiger partial charge in [0.1, 0.15) is 0 Å². The fraction of sp³-hybridized carbons (Fsp3) is 0.571. The second kappa shape index (κ2) is 6.03. The second-order valence-electron chi connectivity index (χ2n) is 5.67. The van der Waals surface area contributed by atoms with Crippen molar-refractivity contribution in [2.45, 2.75) is 44.1 Å². The molecule has 1 aromatic rings. The molecule has 0 heterocycles. The second-order valence-corrected chi connectivity index (χ2v) is 7.44. The molecule has 108 valence electrons. The van der Waals surface area contributed by atoms with E-state index in [0.717, 1.165) is 5.56 Å². The van der Waals surface area contributed by atoms with Crippen LogP contribution in [0.5, 0.6) is 0 Å². The van der Waals surface area contributed by atoms with Crippen LogP contribution in [0.1, 0.15) is 33.3 Å². The molecular formula is C14H23NO3S. The third-order valence-electron chi connectivity index (χ3n) is 2.99. The van der Waals surface area contributed by atoms with Crippen LogP contribution < -0.4 is 4.72 Å². The molecular weight excluding hydrogens is 262 g/mol. The molecule has 0 bridgehead atoms. The Labute approximate surface area is 116 Å². The number of nitrogens with one attached hydrogen (secondary N) is 1. The summed E-state index contributed by atoms with van der Waals surface area (Å²) in [4.78, 5) is 0.281. The Kier molecular flexibility index (Phi) is 5.12. The standard InChI is InChI=1S/C14H23NO3S/c1-11(18-5)10-15-19(16,17)13-8-6-12(7-9-13)14(2,3)4/h6-9,11,15H,10H2,1-5H3. The Morgan fingerprint density at radius 2 is 1.74 bits per heavy atom. The van der Waals surface area contributed by atoms with Crippen LogP contribution in [-0.4, -0.2) is 28.2 Å². The monoisotopic (exact) mass is 285 g/mol. The third-order valence-corrected chi connectivity index (χ3v) is 4.43. The fourth-order valence-corrected chi connectivity index (χ4v) is 2.64. The molecule has 0 aliphatic heterocycles. The van der Waals surface area contributed by atoms with Gasteiger partial charge in [0, 0.05) is 13.7 Å². The maximum atomic E-state index is 12.0. The molecule has 1 rings (SSSR count). The Morgan fingerprint density at radius 3 is 2.16 bits per heavy atom. The van der Waals surface area contributed by atoms with E-state index in [-0.39, 0.29) is 23.0 Å². The number of rotatable bonds is 5. The topological polar surface area (TPSA) is 55.4 Å². The first kappa shape index (κ1) is 16.1. The summed E-state index contributed by atoms with van der Waals surface area (Å²) in [5, 5.41) is 0. The molecule has 5 heteroatoms. The molecule has 1 N–H and O–H groups in total. The van der Waals surface area contributed by atoms with E-state index in [9.17, 15) is 8.42 Å². The average Bonchev–Trinajstić information content (AvgIpc) is 2.35. The number of sulfonamides is 1. The highest BCUT2D eigenvalue weighted by molar-refractivity contribution is 7.89.